The molecule has 10 nitrogen and oxygen atoms in total. The van der Waals surface area contributed by atoms with Crippen molar-refractivity contribution in [1.82, 2.24) is 9.13 Å². The van der Waals surface area contributed by atoms with E-state index in [9.17, 15) is 24.9 Å². The maximum absolute atomic E-state index is 13.2. The molecule has 7 rings (SSSR count). The SMILES string of the molecule is CO[C@H]1[C@H](O)[C@@H](O)[C@H](n2c3ccccc3c3c4c(c5c6ccccc6n(C)c5c32)C(=O)OC4=O)O[C@@H]1CO. The number of benzene rings is 3. The van der Waals surface area contributed by atoms with Gasteiger partial charge in [-0.25, -0.2) is 9.59 Å². The number of carbonyl (C=O) groups excluding carboxylic acids is 2. The van der Waals surface area contributed by atoms with Crippen LogP contribution in [0.3, 0.4) is 0 Å². The van der Waals surface area contributed by atoms with Crippen LogP contribution in [0.2, 0.25) is 0 Å². The summed E-state index contributed by atoms with van der Waals surface area (Å²) in [6, 6.07) is 14.8. The Morgan fingerprint density at radius 2 is 1.45 bits per heavy atom. The number of ether oxygens (including phenoxy) is 3. The Balaban J connectivity index is 1.70. The number of aliphatic hydroxyl groups is 3. The van der Waals surface area contributed by atoms with E-state index in [0.29, 0.717) is 32.7 Å². The first-order valence-electron chi connectivity index (χ1n) is 12.3. The van der Waals surface area contributed by atoms with Crippen LogP contribution in [0.1, 0.15) is 26.9 Å². The van der Waals surface area contributed by atoms with E-state index < -0.39 is 49.2 Å². The molecule has 38 heavy (non-hydrogen) atoms. The first-order chi connectivity index (χ1) is 18.4. The molecule has 2 aromatic heterocycles. The van der Waals surface area contributed by atoms with Gasteiger partial charge in [0.1, 0.15) is 24.4 Å². The van der Waals surface area contributed by atoms with Gasteiger partial charge in [0.15, 0.2) is 6.23 Å². The van der Waals surface area contributed by atoms with Gasteiger partial charge in [0.05, 0.1) is 34.3 Å². The van der Waals surface area contributed by atoms with E-state index in [1.807, 2.05) is 60.1 Å². The van der Waals surface area contributed by atoms with Crippen LogP contribution in [0.4, 0.5) is 0 Å². The molecule has 0 radical (unpaired) electrons. The molecule has 194 valence electrons. The van der Waals surface area contributed by atoms with Crippen LogP contribution >= 0.6 is 0 Å². The summed E-state index contributed by atoms with van der Waals surface area (Å²) in [4.78, 5) is 26.3. The molecule has 0 unspecified atom stereocenters. The number of aliphatic hydroxyl groups excluding tert-OH is 3. The summed E-state index contributed by atoms with van der Waals surface area (Å²) in [5.41, 5.74) is 2.98. The predicted octanol–water partition coefficient (Wildman–Crippen LogP) is 2.38. The Morgan fingerprint density at radius 1 is 0.868 bits per heavy atom. The van der Waals surface area contributed by atoms with Gasteiger partial charge < -0.3 is 38.7 Å². The van der Waals surface area contributed by atoms with E-state index in [2.05, 4.69) is 0 Å². The minimum Gasteiger partial charge on any atom is -0.394 e. The number of fused-ring (bicyclic) bond motifs is 10. The van der Waals surface area contributed by atoms with Crippen molar-refractivity contribution in [2.75, 3.05) is 13.7 Å². The number of cyclic esters (lactones) is 2. The minimum atomic E-state index is -1.44. The molecule has 1 fully saturated rings. The van der Waals surface area contributed by atoms with Gasteiger partial charge in [-0.05, 0) is 12.1 Å². The van der Waals surface area contributed by atoms with Gasteiger partial charge in [-0.2, -0.15) is 0 Å². The van der Waals surface area contributed by atoms with E-state index >= 15 is 0 Å². The van der Waals surface area contributed by atoms with Crippen molar-refractivity contribution in [2.24, 2.45) is 7.05 Å². The molecule has 0 saturated carbocycles. The van der Waals surface area contributed by atoms with Crippen LogP contribution in [0.5, 0.6) is 0 Å². The quantitative estimate of drug-likeness (QED) is 0.246. The topological polar surface area (TPSA) is 132 Å². The van der Waals surface area contributed by atoms with Gasteiger partial charge in [-0.3, -0.25) is 0 Å². The lowest BCUT2D eigenvalue weighted by atomic mass is 9.96. The third-order valence-electron chi connectivity index (χ3n) is 7.95. The summed E-state index contributed by atoms with van der Waals surface area (Å²) in [6.45, 7) is -0.449. The molecule has 3 N–H and O–H groups in total. The summed E-state index contributed by atoms with van der Waals surface area (Å²) in [5, 5.41) is 34.8. The zero-order valence-electron chi connectivity index (χ0n) is 20.5. The molecular formula is C28H24N2O8. The van der Waals surface area contributed by atoms with Gasteiger partial charge in [0, 0.05) is 41.2 Å². The molecule has 5 atom stereocenters. The van der Waals surface area contributed by atoms with E-state index in [1.165, 1.54) is 7.11 Å². The molecule has 3 aromatic carbocycles. The number of hydrogen-bond acceptors (Lipinski definition) is 8. The van der Waals surface area contributed by atoms with Gasteiger partial charge in [-0.1, -0.05) is 36.4 Å². The number of methoxy groups -OCH3 is 1. The number of para-hydroxylation sites is 2. The number of rotatable bonds is 3. The third-order valence-corrected chi connectivity index (χ3v) is 7.95. The first kappa shape index (κ1) is 23.3. The second-order valence-electron chi connectivity index (χ2n) is 9.77. The highest BCUT2D eigenvalue weighted by molar-refractivity contribution is 6.37. The van der Waals surface area contributed by atoms with Gasteiger partial charge in [0.2, 0.25) is 0 Å². The second kappa shape index (κ2) is 8.10. The number of aryl methyl sites for hydroxylation is 1. The van der Waals surface area contributed by atoms with Crippen LogP contribution in [0, 0.1) is 0 Å². The molecule has 10 heteroatoms. The van der Waals surface area contributed by atoms with Gasteiger partial charge in [-0.15, -0.1) is 0 Å². The lowest BCUT2D eigenvalue weighted by molar-refractivity contribution is -0.255. The van der Waals surface area contributed by atoms with Crippen molar-refractivity contribution >= 4 is 55.6 Å². The fourth-order valence-electron chi connectivity index (χ4n) is 6.35. The smallest absolute Gasteiger partial charge is 0.347 e. The van der Waals surface area contributed by atoms with Crippen molar-refractivity contribution in [3.63, 3.8) is 0 Å². The van der Waals surface area contributed by atoms with Crippen LogP contribution < -0.4 is 0 Å². The molecule has 1 saturated heterocycles. The maximum atomic E-state index is 13.2. The molecule has 2 aliphatic rings. The van der Waals surface area contributed by atoms with Crippen LogP contribution in [0.25, 0.3) is 43.6 Å². The first-order valence-corrected chi connectivity index (χ1v) is 12.3. The molecule has 0 bridgehead atoms. The Labute approximate surface area is 215 Å². The van der Waals surface area contributed by atoms with Crippen molar-refractivity contribution < 1.29 is 39.1 Å². The Morgan fingerprint density at radius 3 is 2.08 bits per heavy atom. The number of carbonyl (C=O) groups is 2. The van der Waals surface area contributed by atoms with E-state index in [4.69, 9.17) is 14.2 Å². The number of aromatic nitrogens is 2. The van der Waals surface area contributed by atoms with Crippen molar-refractivity contribution in [1.29, 1.82) is 0 Å². The molecule has 4 heterocycles. The maximum Gasteiger partial charge on any atom is 0.347 e. The number of nitrogens with zero attached hydrogens (tertiary/aromatic N) is 2. The average molecular weight is 517 g/mol. The highest BCUT2D eigenvalue weighted by Gasteiger charge is 2.47. The highest BCUT2D eigenvalue weighted by atomic mass is 16.6. The van der Waals surface area contributed by atoms with Crippen LogP contribution in [-0.4, -0.2) is 74.5 Å². The normalized spacial score (nSPS) is 25.7. The lowest BCUT2D eigenvalue weighted by Gasteiger charge is -2.42. The molecular weight excluding hydrogens is 492 g/mol. The monoisotopic (exact) mass is 516 g/mol. The lowest BCUT2D eigenvalue weighted by Crippen LogP contribution is -2.57. The Bertz CT molecular complexity index is 1820. The zero-order chi connectivity index (χ0) is 26.5. The fourth-order valence-corrected chi connectivity index (χ4v) is 6.35. The Hall–Kier alpha value is -3.80. The summed E-state index contributed by atoms with van der Waals surface area (Å²) in [6.07, 6.45) is -5.83. The Kier molecular flexibility index (Phi) is 4.97. The fraction of sp³-hybridized carbons (Fsp3) is 0.286. The van der Waals surface area contributed by atoms with Gasteiger partial charge >= 0.3 is 11.9 Å². The minimum absolute atomic E-state index is 0.156. The summed E-state index contributed by atoms with van der Waals surface area (Å²) < 4.78 is 20.3. The largest absolute Gasteiger partial charge is 0.394 e. The number of esters is 2. The van der Waals surface area contributed by atoms with E-state index in [-0.39, 0.29) is 11.1 Å². The molecule has 0 aliphatic carbocycles. The standard InChI is InChI=1S/C28H24N2O8/c1-29-14-9-5-3-7-12(14)17-19-20(28(35)38-27(19)34)18-13-8-4-6-10-15(13)30(22(18)21(17)29)26-24(33)23(32)25(36-2)16(11-31)37-26/h3-10,16,23-26,31-33H,11H2,1-2H3/t16-,23-,24-,25-,26-/m1/s1. The van der Waals surface area contributed by atoms with Crippen LogP contribution in [0.15, 0.2) is 48.5 Å². The zero-order valence-corrected chi connectivity index (χ0v) is 20.5. The molecule has 0 amide bonds. The third kappa shape index (κ3) is 2.78. The van der Waals surface area contributed by atoms with Crippen molar-refractivity contribution in [3.05, 3.63) is 59.7 Å². The highest BCUT2D eigenvalue weighted by Crippen LogP contribution is 2.47. The van der Waals surface area contributed by atoms with Crippen molar-refractivity contribution in [3.8, 4) is 0 Å². The van der Waals surface area contributed by atoms with Crippen molar-refractivity contribution in [2.45, 2.75) is 30.6 Å². The number of hydrogen-bond donors (Lipinski definition) is 3. The second-order valence-corrected chi connectivity index (χ2v) is 9.77. The summed E-state index contributed by atoms with van der Waals surface area (Å²) in [7, 11) is 3.24. The van der Waals surface area contributed by atoms with E-state index in [0.717, 1.165) is 10.9 Å². The van der Waals surface area contributed by atoms with E-state index in [1.54, 1.807) is 4.57 Å². The molecule has 2 aliphatic heterocycles. The molecule has 5 aromatic rings. The summed E-state index contributed by atoms with van der Waals surface area (Å²) >= 11 is 0. The van der Waals surface area contributed by atoms with Crippen LogP contribution in [-0.2, 0) is 21.3 Å². The molecule has 0 spiro atoms. The average Bonchev–Trinajstić information content (AvgIpc) is 3.52. The van der Waals surface area contributed by atoms with Gasteiger partial charge in [0.25, 0.3) is 0 Å². The summed E-state index contributed by atoms with van der Waals surface area (Å²) in [5.74, 6) is -1.46. The predicted molar refractivity (Wildman–Crippen MR) is 137 cm³/mol.